The van der Waals surface area contributed by atoms with Crippen molar-refractivity contribution in [3.8, 4) is 0 Å². The Labute approximate surface area is 98.4 Å². The van der Waals surface area contributed by atoms with Crippen molar-refractivity contribution in [1.29, 1.82) is 0 Å². The number of rotatable bonds is 4. The monoisotopic (exact) mass is 238 g/mol. The Morgan fingerprint density at radius 1 is 1.62 bits per heavy atom. The molecular formula is C10H14N4OS. The number of hydrogen-bond donors (Lipinski definition) is 1. The number of nitrogens with two attached hydrogens (primary N) is 1. The third-order valence-corrected chi connectivity index (χ3v) is 3.31. The van der Waals surface area contributed by atoms with E-state index in [1.54, 1.807) is 0 Å². The number of amides is 1. The Balaban J connectivity index is 2.31. The fourth-order valence-electron chi connectivity index (χ4n) is 1.48. The summed E-state index contributed by atoms with van der Waals surface area (Å²) in [5.74, 6) is 0.182. The van der Waals surface area contributed by atoms with Gasteiger partial charge in [-0.25, -0.2) is 9.97 Å². The molecule has 0 spiro atoms. The Hall–Kier alpha value is -1.30. The molecule has 6 heteroatoms. The molecule has 0 aromatic carbocycles. The van der Waals surface area contributed by atoms with E-state index in [1.807, 2.05) is 18.2 Å². The Bertz CT molecular complexity index is 419. The van der Waals surface area contributed by atoms with E-state index in [9.17, 15) is 4.79 Å². The number of nitrogens with zero attached hydrogens (tertiary/aromatic N) is 3. The van der Waals surface area contributed by atoms with E-state index in [-0.39, 0.29) is 0 Å². The second-order valence-electron chi connectivity index (χ2n) is 3.80. The molecule has 16 heavy (non-hydrogen) atoms. The molecule has 1 amide bonds. The van der Waals surface area contributed by atoms with Crippen molar-refractivity contribution in [2.75, 3.05) is 18.2 Å². The zero-order valence-electron chi connectivity index (χ0n) is 9.30. The van der Waals surface area contributed by atoms with E-state index in [1.165, 1.54) is 30.8 Å². The van der Waals surface area contributed by atoms with Gasteiger partial charge in [-0.1, -0.05) is 0 Å². The van der Waals surface area contributed by atoms with Gasteiger partial charge in [-0.3, -0.25) is 4.79 Å². The molecule has 0 aliphatic heterocycles. The van der Waals surface area contributed by atoms with Gasteiger partial charge in [-0.05, 0) is 19.1 Å². The molecular weight excluding hydrogens is 224 g/mol. The van der Waals surface area contributed by atoms with Crippen molar-refractivity contribution >= 4 is 23.6 Å². The first-order chi connectivity index (χ1) is 7.63. The Morgan fingerprint density at radius 3 is 2.81 bits per heavy atom. The van der Waals surface area contributed by atoms with E-state index in [0.29, 0.717) is 22.6 Å². The zero-order valence-corrected chi connectivity index (χ0v) is 10.1. The summed E-state index contributed by atoms with van der Waals surface area (Å²) in [5, 5.41) is 0.644. The minimum Gasteiger partial charge on any atom is -0.365 e. The standard InChI is InChI=1S/C10H14N4OS/c1-14(6-3-4-6)10-12-5-7(8(11)15)9(13-10)16-2/h5-6H,3-4H2,1-2H3,(H2,11,15). The van der Waals surface area contributed by atoms with Crippen molar-refractivity contribution < 1.29 is 4.79 Å². The van der Waals surface area contributed by atoms with Gasteiger partial charge in [0.1, 0.15) is 5.03 Å². The topological polar surface area (TPSA) is 72.1 Å². The molecule has 1 aromatic heterocycles. The molecule has 5 nitrogen and oxygen atoms in total. The number of anilines is 1. The van der Waals surface area contributed by atoms with Crippen LogP contribution in [0, 0.1) is 0 Å². The van der Waals surface area contributed by atoms with Crippen LogP contribution in [0.25, 0.3) is 0 Å². The highest BCUT2D eigenvalue weighted by molar-refractivity contribution is 7.98. The van der Waals surface area contributed by atoms with Crippen LogP contribution in [0.4, 0.5) is 5.95 Å². The molecule has 0 saturated heterocycles. The molecule has 1 fully saturated rings. The third-order valence-electron chi connectivity index (χ3n) is 2.61. The first kappa shape index (κ1) is 11.2. The average Bonchev–Trinajstić information content (AvgIpc) is 3.10. The maximum atomic E-state index is 11.1. The van der Waals surface area contributed by atoms with Crippen LogP contribution >= 0.6 is 11.8 Å². The van der Waals surface area contributed by atoms with Crippen molar-refractivity contribution in [3.63, 3.8) is 0 Å². The molecule has 0 unspecified atom stereocenters. The maximum Gasteiger partial charge on any atom is 0.253 e. The van der Waals surface area contributed by atoms with E-state index >= 15 is 0 Å². The normalized spacial score (nSPS) is 14.9. The minimum absolute atomic E-state index is 0.389. The second-order valence-corrected chi connectivity index (χ2v) is 4.59. The number of thioether (sulfide) groups is 1. The van der Waals surface area contributed by atoms with Gasteiger partial charge in [0.25, 0.3) is 5.91 Å². The molecule has 1 aliphatic rings. The van der Waals surface area contributed by atoms with Crippen molar-refractivity contribution in [3.05, 3.63) is 11.8 Å². The largest absolute Gasteiger partial charge is 0.365 e. The second kappa shape index (κ2) is 4.29. The average molecular weight is 238 g/mol. The van der Waals surface area contributed by atoms with Crippen LogP contribution in [-0.2, 0) is 0 Å². The third kappa shape index (κ3) is 2.11. The van der Waals surface area contributed by atoms with Gasteiger partial charge in [0.2, 0.25) is 5.95 Å². The van der Waals surface area contributed by atoms with E-state index in [4.69, 9.17) is 5.73 Å². The molecule has 0 radical (unpaired) electrons. The smallest absolute Gasteiger partial charge is 0.253 e. The number of hydrogen-bond acceptors (Lipinski definition) is 5. The molecule has 1 aromatic rings. The summed E-state index contributed by atoms with van der Waals surface area (Å²) >= 11 is 1.41. The van der Waals surface area contributed by atoms with Crippen LogP contribution in [0.1, 0.15) is 23.2 Å². The number of carbonyl (C=O) groups excluding carboxylic acids is 1. The van der Waals surface area contributed by atoms with Gasteiger partial charge in [-0.2, -0.15) is 0 Å². The van der Waals surface area contributed by atoms with Gasteiger partial charge in [0.15, 0.2) is 0 Å². The van der Waals surface area contributed by atoms with E-state index < -0.39 is 5.91 Å². The minimum atomic E-state index is -0.482. The summed E-state index contributed by atoms with van der Waals surface area (Å²) in [6, 6.07) is 0.550. The summed E-state index contributed by atoms with van der Waals surface area (Å²) in [5.41, 5.74) is 5.63. The summed E-state index contributed by atoms with van der Waals surface area (Å²) in [4.78, 5) is 21.7. The van der Waals surface area contributed by atoms with E-state index in [2.05, 4.69) is 9.97 Å². The van der Waals surface area contributed by atoms with Crippen LogP contribution in [0.2, 0.25) is 0 Å². The van der Waals surface area contributed by atoms with E-state index in [0.717, 1.165) is 0 Å². The van der Waals surface area contributed by atoms with Gasteiger partial charge < -0.3 is 10.6 Å². The van der Waals surface area contributed by atoms with Gasteiger partial charge in [0.05, 0.1) is 5.56 Å². The van der Waals surface area contributed by atoms with Crippen LogP contribution in [0.5, 0.6) is 0 Å². The maximum absolute atomic E-state index is 11.1. The fraction of sp³-hybridized carbons (Fsp3) is 0.500. The van der Waals surface area contributed by atoms with Crippen molar-refractivity contribution in [2.24, 2.45) is 5.73 Å². The van der Waals surface area contributed by atoms with Crippen LogP contribution < -0.4 is 10.6 Å². The molecule has 1 saturated carbocycles. The zero-order chi connectivity index (χ0) is 11.7. The molecule has 1 heterocycles. The van der Waals surface area contributed by atoms with Crippen molar-refractivity contribution in [2.45, 2.75) is 23.9 Å². The Kier molecular flexibility index (Phi) is 3.00. The number of carbonyl (C=O) groups is 1. The Morgan fingerprint density at radius 2 is 2.31 bits per heavy atom. The SMILES string of the molecule is CSc1nc(N(C)C2CC2)ncc1C(N)=O. The molecule has 1 aliphatic carbocycles. The molecule has 2 rings (SSSR count). The van der Waals surface area contributed by atoms with Crippen LogP contribution in [0.3, 0.4) is 0 Å². The molecule has 86 valence electrons. The highest BCUT2D eigenvalue weighted by atomic mass is 32.2. The van der Waals surface area contributed by atoms with Gasteiger partial charge in [-0.15, -0.1) is 11.8 Å². The highest BCUT2D eigenvalue weighted by Crippen LogP contribution is 2.29. The van der Waals surface area contributed by atoms with Crippen LogP contribution in [0.15, 0.2) is 11.2 Å². The predicted octanol–water partition coefficient (Wildman–Crippen LogP) is 0.896. The lowest BCUT2D eigenvalue weighted by molar-refractivity contribution is 0.0996. The highest BCUT2D eigenvalue weighted by Gasteiger charge is 2.28. The number of aromatic nitrogens is 2. The lowest BCUT2D eigenvalue weighted by Crippen LogP contribution is -2.23. The summed E-state index contributed by atoms with van der Waals surface area (Å²) in [6.45, 7) is 0. The first-order valence-electron chi connectivity index (χ1n) is 5.07. The quantitative estimate of drug-likeness (QED) is 0.623. The van der Waals surface area contributed by atoms with Gasteiger partial charge >= 0.3 is 0 Å². The van der Waals surface area contributed by atoms with Gasteiger partial charge in [0, 0.05) is 19.3 Å². The van der Waals surface area contributed by atoms with Crippen molar-refractivity contribution in [1.82, 2.24) is 9.97 Å². The lowest BCUT2D eigenvalue weighted by Gasteiger charge is -2.16. The summed E-state index contributed by atoms with van der Waals surface area (Å²) < 4.78 is 0. The molecule has 0 atom stereocenters. The summed E-state index contributed by atoms with van der Waals surface area (Å²) in [6.07, 6.45) is 5.75. The number of primary amides is 1. The molecule has 0 bridgehead atoms. The predicted molar refractivity (Wildman–Crippen MR) is 63.8 cm³/mol. The first-order valence-corrected chi connectivity index (χ1v) is 6.29. The lowest BCUT2D eigenvalue weighted by atomic mass is 10.3. The summed E-state index contributed by atoms with van der Waals surface area (Å²) in [7, 11) is 1.97. The van der Waals surface area contributed by atoms with Crippen LogP contribution in [-0.4, -0.2) is 35.2 Å². The molecule has 2 N–H and O–H groups in total. The fourth-order valence-corrected chi connectivity index (χ4v) is 2.02.